The Hall–Kier alpha value is -0.530. The summed E-state index contributed by atoms with van der Waals surface area (Å²) < 4.78 is 5.31. The highest BCUT2D eigenvalue weighted by Gasteiger charge is 2.25. The lowest BCUT2D eigenvalue weighted by Gasteiger charge is -2.26. The van der Waals surface area contributed by atoms with Gasteiger partial charge in [-0.3, -0.25) is 4.79 Å². The quantitative estimate of drug-likeness (QED) is 0.496. The van der Waals surface area contributed by atoms with Crippen molar-refractivity contribution in [2.24, 2.45) is 5.92 Å². The molecule has 2 atom stereocenters. The Labute approximate surface area is 80.7 Å². The third-order valence-electron chi connectivity index (χ3n) is 2.74. The number of esters is 1. The number of carbonyl (C=O) groups excluding carboxylic acids is 1. The lowest BCUT2D eigenvalue weighted by molar-refractivity contribution is -0.159. The second-order valence-electron chi connectivity index (χ2n) is 4.03. The molecule has 1 aliphatic heterocycles. The monoisotopic (exact) mass is 184 g/mol. The Balaban J connectivity index is 2.18. The van der Waals surface area contributed by atoms with E-state index in [1.807, 2.05) is 6.92 Å². The number of hydrogen-bond donors (Lipinski definition) is 0. The van der Waals surface area contributed by atoms with Gasteiger partial charge >= 0.3 is 5.97 Å². The highest BCUT2D eigenvalue weighted by Crippen LogP contribution is 2.23. The number of ether oxygens (including phenoxy) is 1. The molecule has 0 aliphatic carbocycles. The molecule has 0 aromatic carbocycles. The van der Waals surface area contributed by atoms with Crippen molar-refractivity contribution in [3.8, 4) is 0 Å². The summed E-state index contributed by atoms with van der Waals surface area (Å²) in [7, 11) is 0. The molecular formula is C11H20O2. The number of hydrogen-bond acceptors (Lipinski definition) is 2. The predicted molar refractivity (Wildman–Crippen MR) is 52.4 cm³/mol. The molecular weight excluding hydrogens is 164 g/mol. The molecule has 0 radical (unpaired) electrons. The van der Waals surface area contributed by atoms with E-state index in [1.165, 1.54) is 19.3 Å². The van der Waals surface area contributed by atoms with Crippen LogP contribution in [0.15, 0.2) is 0 Å². The molecule has 2 heteroatoms. The van der Waals surface area contributed by atoms with Crippen LogP contribution >= 0.6 is 0 Å². The molecule has 0 saturated carbocycles. The predicted octanol–water partition coefficient (Wildman–Crippen LogP) is 2.91. The van der Waals surface area contributed by atoms with Gasteiger partial charge in [0.15, 0.2) is 0 Å². The topological polar surface area (TPSA) is 26.3 Å². The molecule has 1 saturated heterocycles. The standard InChI is InChI=1S/C11H20O2/c1-3-4-5-6-10-8-7-9(2)11(12)13-10/h9-10H,3-8H2,1-2H3. The number of rotatable bonds is 4. The molecule has 1 rings (SSSR count). The van der Waals surface area contributed by atoms with E-state index in [0.717, 1.165) is 19.3 Å². The first kappa shape index (κ1) is 10.6. The second kappa shape index (κ2) is 5.25. The fourth-order valence-electron chi connectivity index (χ4n) is 1.72. The fraction of sp³-hybridized carbons (Fsp3) is 0.909. The molecule has 0 spiro atoms. The van der Waals surface area contributed by atoms with E-state index in [4.69, 9.17) is 4.74 Å². The summed E-state index contributed by atoms with van der Waals surface area (Å²) in [6.07, 6.45) is 7.04. The van der Waals surface area contributed by atoms with Crippen LogP contribution < -0.4 is 0 Å². The van der Waals surface area contributed by atoms with E-state index >= 15 is 0 Å². The van der Waals surface area contributed by atoms with Crippen LogP contribution in [0.1, 0.15) is 52.4 Å². The second-order valence-corrected chi connectivity index (χ2v) is 4.03. The number of carbonyl (C=O) groups is 1. The first-order chi connectivity index (χ1) is 6.24. The minimum absolute atomic E-state index is 0.00717. The lowest BCUT2D eigenvalue weighted by atomic mass is 9.96. The van der Waals surface area contributed by atoms with Gasteiger partial charge in [-0.25, -0.2) is 0 Å². The van der Waals surface area contributed by atoms with Gasteiger partial charge < -0.3 is 4.74 Å². The molecule has 1 heterocycles. The largest absolute Gasteiger partial charge is 0.462 e. The van der Waals surface area contributed by atoms with Crippen LogP contribution in [0.25, 0.3) is 0 Å². The average molecular weight is 184 g/mol. The maximum absolute atomic E-state index is 11.2. The van der Waals surface area contributed by atoms with E-state index in [0.29, 0.717) is 0 Å². The van der Waals surface area contributed by atoms with Crippen molar-refractivity contribution in [1.82, 2.24) is 0 Å². The minimum Gasteiger partial charge on any atom is -0.462 e. The molecule has 2 nitrogen and oxygen atoms in total. The first-order valence-electron chi connectivity index (χ1n) is 5.44. The third-order valence-corrected chi connectivity index (χ3v) is 2.74. The fourth-order valence-corrected chi connectivity index (χ4v) is 1.72. The van der Waals surface area contributed by atoms with Gasteiger partial charge in [0.1, 0.15) is 6.10 Å². The highest BCUT2D eigenvalue weighted by molar-refractivity contribution is 5.72. The Morgan fingerprint density at radius 3 is 2.77 bits per heavy atom. The summed E-state index contributed by atoms with van der Waals surface area (Å²) in [6.45, 7) is 4.14. The number of cyclic esters (lactones) is 1. The van der Waals surface area contributed by atoms with Crippen molar-refractivity contribution >= 4 is 5.97 Å². The highest BCUT2D eigenvalue weighted by atomic mass is 16.5. The SMILES string of the molecule is CCCCCC1CCC(C)C(=O)O1. The normalized spacial score (nSPS) is 28.6. The molecule has 2 unspecified atom stereocenters. The summed E-state index contributed by atoms with van der Waals surface area (Å²) in [6, 6.07) is 0. The summed E-state index contributed by atoms with van der Waals surface area (Å²) in [5.74, 6) is 0.134. The summed E-state index contributed by atoms with van der Waals surface area (Å²) in [5.41, 5.74) is 0. The summed E-state index contributed by atoms with van der Waals surface area (Å²) in [4.78, 5) is 11.2. The van der Waals surface area contributed by atoms with Gasteiger partial charge in [-0.05, 0) is 25.7 Å². The first-order valence-corrected chi connectivity index (χ1v) is 5.44. The molecule has 1 aliphatic rings. The van der Waals surface area contributed by atoms with Gasteiger partial charge in [0.05, 0.1) is 5.92 Å². The number of unbranched alkanes of at least 4 members (excludes halogenated alkanes) is 2. The smallest absolute Gasteiger partial charge is 0.308 e. The van der Waals surface area contributed by atoms with Crippen LogP contribution in [0.2, 0.25) is 0 Å². The van der Waals surface area contributed by atoms with Gasteiger partial charge in [-0.15, -0.1) is 0 Å². The van der Waals surface area contributed by atoms with E-state index in [9.17, 15) is 4.79 Å². The van der Waals surface area contributed by atoms with Gasteiger partial charge in [-0.1, -0.05) is 26.7 Å². The van der Waals surface area contributed by atoms with Crippen LogP contribution in [-0.2, 0) is 9.53 Å². The summed E-state index contributed by atoms with van der Waals surface area (Å²) >= 11 is 0. The van der Waals surface area contributed by atoms with E-state index < -0.39 is 0 Å². The Morgan fingerprint density at radius 1 is 1.38 bits per heavy atom. The molecule has 1 fully saturated rings. The van der Waals surface area contributed by atoms with Gasteiger partial charge in [0, 0.05) is 0 Å². The van der Waals surface area contributed by atoms with E-state index in [-0.39, 0.29) is 18.0 Å². The molecule has 0 bridgehead atoms. The van der Waals surface area contributed by atoms with Crippen LogP contribution in [0.3, 0.4) is 0 Å². The van der Waals surface area contributed by atoms with Gasteiger partial charge in [0.2, 0.25) is 0 Å². The Bertz CT molecular complexity index is 165. The molecule has 0 aromatic rings. The van der Waals surface area contributed by atoms with Crippen molar-refractivity contribution in [3.05, 3.63) is 0 Å². The molecule has 0 aromatic heterocycles. The van der Waals surface area contributed by atoms with E-state index in [1.54, 1.807) is 0 Å². The van der Waals surface area contributed by atoms with Crippen molar-refractivity contribution < 1.29 is 9.53 Å². The van der Waals surface area contributed by atoms with Crippen LogP contribution in [0.5, 0.6) is 0 Å². The van der Waals surface area contributed by atoms with Crippen molar-refractivity contribution in [1.29, 1.82) is 0 Å². The lowest BCUT2D eigenvalue weighted by Crippen LogP contribution is -2.29. The van der Waals surface area contributed by atoms with Gasteiger partial charge in [0.25, 0.3) is 0 Å². The van der Waals surface area contributed by atoms with Crippen molar-refractivity contribution in [2.75, 3.05) is 0 Å². The Morgan fingerprint density at radius 2 is 2.15 bits per heavy atom. The zero-order valence-corrected chi connectivity index (χ0v) is 8.71. The van der Waals surface area contributed by atoms with Crippen LogP contribution in [-0.4, -0.2) is 12.1 Å². The zero-order chi connectivity index (χ0) is 9.68. The maximum atomic E-state index is 11.2. The molecule has 13 heavy (non-hydrogen) atoms. The van der Waals surface area contributed by atoms with Crippen LogP contribution in [0.4, 0.5) is 0 Å². The zero-order valence-electron chi connectivity index (χ0n) is 8.71. The van der Waals surface area contributed by atoms with Crippen molar-refractivity contribution in [2.45, 2.75) is 58.5 Å². The van der Waals surface area contributed by atoms with Gasteiger partial charge in [-0.2, -0.15) is 0 Å². The van der Waals surface area contributed by atoms with E-state index in [2.05, 4.69) is 6.92 Å². The van der Waals surface area contributed by atoms with Crippen LogP contribution in [0, 0.1) is 5.92 Å². The molecule has 0 N–H and O–H groups in total. The third kappa shape index (κ3) is 3.37. The molecule has 76 valence electrons. The average Bonchev–Trinajstić information content (AvgIpc) is 2.12. The maximum Gasteiger partial charge on any atom is 0.308 e. The minimum atomic E-state index is 0.00717. The molecule has 0 amide bonds. The summed E-state index contributed by atoms with van der Waals surface area (Å²) in [5, 5.41) is 0. The Kier molecular flexibility index (Phi) is 4.26. The van der Waals surface area contributed by atoms with Crippen molar-refractivity contribution in [3.63, 3.8) is 0 Å².